The van der Waals surface area contributed by atoms with Crippen molar-refractivity contribution in [1.29, 1.82) is 0 Å². The smallest absolute Gasteiger partial charge is 0.309 e. The normalized spacial score (nSPS) is 15.7. The minimum Gasteiger partial charge on any atom is -0.495 e. The van der Waals surface area contributed by atoms with E-state index in [1.807, 2.05) is 36.6 Å². The fourth-order valence-corrected chi connectivity index (χ4v) is 5.51. The van der Waals surface area contributed by atoms with Gasteiger partial charge in [0.15, 0.2) is 0 Å². The zero-order chi connectivity index (χ0) is 25.5. The number of methoxy groups -OCH3 is 1. The van der Waals surface area contributed by atoms with Crippen LogP contribution in [-0.4, -0.2) is 56.0 Å². The first-order valence-corrected chi connectivity index (χ1v) is 12.8. The largest absolute Gasteiger partial charge is 0.495 e. The van der Waals surface area contributed by atoms with Gasteiger partial charge >= 0.3 is 11.8 Å². The lowest BCUT2D eigenvalue weighted by Gasteiger charge is -2.42. The second-order valence-electron chi connectivity index (χ2n) is 8.73. The average Bonchev–Trinajstić information content (AvgIpc) is 3.43. The van der Waals surface area contributed by atoms with Gasteiger partial charge < -0.3 is 20.3 Å². The van der Waals surface area contributed by atoms with Gasteiger partial charge in [0.05, 0.1) is 18.8 Å². The number of hydrogen-bond acceptors (Lipinski definition) is 6. The van der Waals surface area contributed by atoms with E-state index >= 15 is 0 Å². The quantitative estimate of drug-likeness (QED) is 0.453. The molecule has 4 rings (SSSR count). The Hall–Kier alpha value is -3.43. The van der Waals surface area contributed by atoms with Crippen molar-refractivity contribution in [3.05, 3.63) is 82.3 Å². The molecule has 1 aliphatic rings. The SMILES string of the molecule is COc1ccccc1N1CCN([C@H](c2cccs2)[C@H](C)NC(=O)C(=O)NCc2ccc(F)cc2)CC1. The predicted molar refractivity (Wildman–Crippen MR) is 140 cm³/mol. The van der Waals surface area contributed by atoms with Crippen LogP contribution in [0.3, 0.4) is 0 Å². The van der Waals surface area contributed by atoms with Gasteiger partial charge in [-0.1, -0.05) is 30.3 Å². The Balaban J connectivity index is 1.38. The highest BCUT2D eigenvalue weighted by molar-refractivity contribution is 7.10. The fraction of sp³-hybridized carbons (Fsp3) is 0.333. The van der Waals surface area contributed by atoms with Gasteiger partial charge in [-0.2, -0.15) is 0 Å². The molecule has 1 aromatic heterocycles. The number of rotatable bonds is 8. The van der Waals surface area contributed by atoms with E-state index in [1.165, 1.54) is 12.1 Å². The van der Waals surface area contributed by atoms with Crippen LogP contribution in [0, 0.1) is 5.82 Å². The number of para-hydroxylation sites is 2. The lowest BCUT2D eigenvalue weighted by atomic mass is 10.0. The van der Waals surface area contributed by atoms with E-state index in [9.17, 15) is 14.0 Å². The van der Waals surface area contributed by atoms with Crippen molar-refractivity contribution in [3.63, 3.8) is 0 Å². The molecule has 2 N–H and O–H groups in total. The second-order valence-corrected chi connectivity index (χ2v) is 9.71. The monoisotopic (exact) mass is 510 g/mol. The first-order valence-electron chi connectivity index (χ1n) is 11.9. The molecule has 2 aromatic carbocycles. The second kappa shape index (κ2) is 12.0. The molecule has 0 bridgehead atoms. The van der Waals surface area contributed by atoms with Crippen molar-refractivity contribution in [2.45, 2.75) is 25.6 Å². The van der Waals surface area contributed by atoms with Gasteiger partial charge in [-0.3, -0.25) is 14.5 Å². The summed E-state index contributed by atoms with van der Waals surface area (Å²) in [5.41, 5.74) is 1.79. The maximum Gasteiger partial charge on any atom is 0.309 e. The Morgan fingerprint density at radius 1 is 1.00 bits per heavy atom. The maximum atomic E-state index is 13.1. The molecular weight excluding hydrogens is 479 g/mol. The van der Waals surface area contributed by atoms with E-state index in [1.54, 1.807) is 30.6 Å². The number of thiophene rings is 1. The molecular formula is C27H31FN4O3S. The zero-order valence-corrected chi connectivity index (χ0v) is 21.3. The number of halogens is 1. The third kappa shape index (κ3) is 6.22. The van der Waals surface area contributed by atoms with E-state index in [2.05, 4.69) is 32.6 Å². The molecule has 0 radical (unpaired) electrons. The average molecular weight is 511 g/mol. The summed E-state index contributed by atoms with van der Waals surface area (Å²) < 4.78 is 18.6. The van der Waals surface area contributed by atoms with E-state index in [0.29, 0.717) is 0 Å². The highest BCUT2D eigenvalue weighted by atomic mass is 32.1. The van der Waals surface area contributed by atoms with Gasteiger partial charge in [0.25, 0.3) is 0 Å². The standard InChI is InChI=1S/C27H31FN4O3S/c1-19(30-27(34)26(33)29-18-20-9-11-21(28)12-10-20)25(24-8-5-17-36-24)32-15-13-31(14-16-32)22-6-3-4-7-23(22)35-2/h3-12,17,19,25H,13-16,18H2,1-2H3,(H,29,33)(H,30,34)/t19-,25-/m0/s1. The predicted octanol–water partition coefficient (Wildman–Crippen LogP) is 3.58. The van der Waals surface area contributed by atoms with Crippen LogP contribution in [0.2, 0.25) is 0 Å². The number of nitrogens with one attached hydrogen (secondary N) is 2. The summed E-state index contributed by atoms with van der Waals surface area (Å²) >= 11 is 1.64. The molecule has 0 aliphatic carbocycles. The first kappa shape index (κ1) is 25.7. The minimum atomic E-state index is -0.711. The number of nitrogens with zero attached hydrogens (tertiary/aromatic N) is 2. The number of anilines is 1. The third-order valence-corrected chi connectivity index (χ3v) is 7.32. The zero-order valence-electron chi connectivity index (χ0n) is 20.4. The van der Waals surface area contributed by atoms with Crippen molar-refractivity contribution in [1.82, 2.24) is 15.5 Å². The Morgan fingerprint density at radius 2 is 1.72 bits per heavy atom. The van der Waals surface area contributed by atoms with Crippen LogP contribution in [0.4, 0.5) is 10.1 Å². The summed E-state index contributed by atoms with van der Waals surface area (Å²) in [4.78, 5) is 30.9. The summed E-state index contributed by atoms with van der Waals surface area (Å²) in [7, 11) is 1.68. The molecule has 0 saturated carbocycles. The summed E-state index contributed by atoms with van der Waals surface area (Å²) in [5, 5.41) is 7.53. The van der Waals surface area contributed by atoms with E-state index in [0.717, 1.165) is 48.1 Å². The van der Waals surface area contributed by atoms with Crippen LogP contribution in [0.15, 0.2) is 66.0 Å². The highest BCUT2D eigenvalue weighted by Gasteiger charge is 2.32. The number of amides is 2. The summed E-state index contributed by atoms with van der Waals surface area (Å²) in [6, 6.07) is 17.5. The molecule has 1 aliphatic heterocycles. The van der Waals surface area contributed by atoms with Gasteiger partial charge in [-0.05, 0) is 48.2 Å². The molecule has 3 aromatic rings. The van der Waals surface area contributed by atoms with Crippen LogP contribution < -0.4 is 20.3 Å². The molecule has 0 spiro atoms. The van der Waals surface area contributed by atoms with Gasteiger partial charge in [0.2, 0.25) is 0 Å². The van der Waals surface area contributed by atoms with E-state index in [4.69, 9.17) is 4.74 Å². The number of hydrogen-bond donors (Lipinski definition) is 2. The molecule has 7 nitrogen and oxygen atoms in total. The van der Waals surface area contributed by atoms with Crippen LogP contribution in [-0.2, 0) is 16.1 Å². The van der Waals surface area contributed by atoms with Crippen molar-refractivity contribution in [2.24, 2.45) is 0 Å². The summed E-state index contributed by atoms with van der Waals surface area (Å²) in [5.74, 6) is -0.885. The molecule has 36 heavy (non-hydrogen) atoms. The summed E-state index contributed by atoms with van der Waals surface area (Å²) in [6.45, 7) is 5.33. The van der Waals surface area contributed by atoms with Crippen LogP contribution in [0.25, 0.3) is 0 Å². The van der Waals surface area contributed by atoms with Crippen LogP contribution in [0.5, 0.6) is 5.75 Å². The van der Waals surface area contributed by atoms with Gasteiger partial charge in [0.1, 0.15) is 11.6 Å². The Morgan fingerprint density at radius 3 is 2.39 bits per heavy atom. The highest BCUT2D eigenvalue weighted by Crippen LogP contribution is 2.32. The molecule has 1 fully saturated rings. The van der Waals surface area contributed by atoms with Crippen molar-refractivity contribution in [2.75, 3.05) is 38.2 Å². The Kier molecular flexibility index (Phi) is 8.56. The topological polar surface area (TPSA) is 73.9 Å². The lowest BCUT2D eigenvalue weighted by Crippen LogP contribution is -2.53. The maximum absolute atomic E-state index is 13.1. The van der Waals surface area contributed by atoms with E-state index < -0.39 is 11.8 Å². The van der Waals surface area contributed by atoms with Crippen molar-refractivity contribution < 1.29 is 18.7 Å². The molecule has 2 atom stereocenters. The molecule has 190 valence electrons. The Bertz CT molecular complexity index is 1150. The van der Waals surface area contributed by atoms with Gasteiger partial charge in [-0.15, -0.1) is 11.3 Å². The molecule has 9 heteroatoms. The molecule has 2 amide bonds. The lowest BCUT2D eigenvalue weighted by molar-refractivity contribution is -0.140. The fourth-order valence-electron chi connectivity index (χ4n) is 4.55. The van der Waals surface area contributed by atoms with Crippen molar-refractivity contribution >= 4 is 28.8 Å². The number of piperazine rings is 1. The van der Waals surface area contributed by atoms with Crippen LogP contribution in [0.1, 0.15) is 23.4 Å². The van der Waals surface area contributed by atoms with Gasteiger partial charge in [0, 0.05) is 43.6 Å². The van der Waals surface area contributed by atoms with E-state index in [-0.39, 0.29) is 24.4 Å². The molecule has 2 heterocycles. The van der Waals surface area contributed by atoms with Crippen molar-refractivity contribution in [3.8, 4) is 5.75 Å². The number of carbonyl (C=O) groups excluding carboxylic acids is 2. The number of ether oxygens (including phenoxy) is 1. The number of carbonyl (C=O) groups is 2. The summed E-state index contributed by atoms with van der Waals surface area (Å²) in [6.07, 6.45) is 0. The van der Waals surface area contributed by atoms with Crippen LogP contribution >= 0.6 is 11.3 Å². The molecule has 1 saturated heterocycles. The minimum absolute atomic E-state index is 0.0568. The third-order valence-electron chi connectivity index (χ3n) is 6.37. The number of benzene rings is 2. The molecule has 0 unspecified atom stereocenters. The Labute approximate surface area is 214 Å². The van der Waals surface area contributed by atoms with Gasteiger partial charge in [-0.25, -0.2) is 4.39 Å². The first-order chi connectivity index (χ1) is 17.5.